The molecule has 0 amide bonds. The molecule has 8 nitrogen and oxygen atoms in total. The van der Waals surface area contributed by atoms with Gasteiger partial charge in [-0.15, -0.1) is 0 Å². The van der Waals surface area contributed by atoms with Gasteiger partial charge in [0.15, 0.2) is 5.82 Å². The first kappa shape index (κ1) is 24.4. The zero-order valence-corrected chi connectivity index (χ0v) is 20.6. The van der Waals surface area contributed by atoms with E-state index < -0.39 is 23.1 Å². The second kappa shape index (κ2) is 9.00. The molecule has 0 saturated carbocycles. The lowest BCUT2D eigenvalue weighted by Gasteiger charge is -2.38. The van der Waals surface area contributed by atoms with Crippen LogP contribution in [0, 0.1) is 0 Å². The molecule has 1 atom stereocenters. The van der Waals surface area contributed by atoms with Crippen molar-refractivity contribution in [2.45, 2.75) is 24.6 Å². The van der Waals surface area contributed by atoms with E-state index in [1.807, 2.05) is 24.5 Å². The van der Waals surface area contributed by atoms with Gasteiger partial charge in [0.1, 0.15) is 22.4 Å². The van der Waals surface area contributed by atoms with E-state index in [2.05, 4.69) is 9.97 Å². The Morgan fingerprint density at radius 2 is 1.97 bits per heavy atom. The van der Waals surface area contributed by atoms with Crippen molar-refractivity contribution in [3.05, 3.63) is 75.6 Å². The minimum atomic E-state index is -4.67. The smallest absolute Gasteiger partial charge is 0.383 e. The molecule has 188 valence electrons. The van der Waals surface area contributed by atoms with Gasteiger partial charge in [-0.2, -0.15) is 35.0 Å². The number of aromatic nitrogens is 5. The summed E-state index contributed by atoms with van der Waals surface area (Å²) in [6, 6.07) is 10.6. The summed E-state index contributed by atoms with van der Waals surface area (Å²) in [7, 11) is 0. The second-order valence-corrected chi connectivity index (χ2v) is 9.72. The van der Waals surface area contributed by atoms with Crippen molar-refractivity contribution >= 4 is 40.6 Å². The minimum Gasteiger partial charge on any atom is -0.383 e. The molecule has 1 unspecified atom stereocenters. The number of nitrogens with two attached hydrogens (primary N) is 1. The number of nitrogen functional groups attached to an aromatic ring is 1. The monoisotopic (exact) mass is 535 g/mol. The van der Waals surface area contributed by atoms with Crippen molar-refractivity contribution in [2.24, 2.45) is 0 Å². The van der Waals surface area contributed by atoms with Gasteiger partial charge in [-0.1, -0.05) is 29.8 Å². The number of rotatable bonds is 5. The van der Waals surface area contributed by atoms with Crippen LogP contribution >= 0.6 is 23.4 Å². The van der Waals surface area contributed by atoms with E-state index in [0.29, 0.717) is 42.8 Å². The first-order valence-electron chi connectivity index (χ1n) is 11.0. The summed E-state index contributed by atoms with van der Waals surface area (Å²) in [6.07, 6.45) is 0.801. The van der Waals surface area contributed by atoms with E-state index in [-0.39, 0.29) is 22.0 Å². The Hall–Kier alpha value is -3.25. The quantitative estimate of drug-likeness (QED) is 0.405. The van der Waals surface area contributed by atoms with Crippen molar-refractivity contribution in [2.75, 3.05) is 29.2 Å². The maximum absolute atomic E-state index is 13.8. The van der Waals surface area contributed by atoms with Crippen LogP contribution in [0.1, 0.15) is 24.2 Å². The van der Waals surface area contributed by atoms with Crippen molar-refractivity contribution in [3.63, 3.8) is 0 Å². The fourth-order valence-electron chi connectivity index (χ4n) is 4.74. The molecule has 36 heavy (non-hydrogen) atoms. The Kier molecular flexibility index (Phi) is 6.11. The Morgan fingerprint density at radius 1 is 1.22 bits per heavy atom. The highest BCUT2D eigenvalue weighted by atomic mass is 35.5. The van der Waals surface area contributed by atoms with Crippen LogP contribution in [0.2, 0.25) is 5.02 Å². The van der Waals surface area contributed by atoms with E-state index in [0.717, 1.165) is 0 Å². The van der Waals surface area contributed by atoms with Crippen LogP contribution < -0.4 is 16.2 Å². The first-order chi connectivity index (χ1) is 17.2. The number of fused-ring (bicyclic) bond motifs is 1. The molecule has 0 aliphatic carbocycles. The SMILES string of the molecule is CSCC1(c2nn3ccc(Cl)c3c(=O)n2-c2ccccc2)CCCN1c1ncc(C(F)(F)F)c(N)n1. The number of para-hydroxylation sites is 1. The molecule has 2 N–H and O–H groups in total. The summed E-state index contributed by atoms with van der Waals surface area (Å²) in [6.45, 7) is 0.445. The molecule has 1 aliphatic rings. The third-order valence-corrected chi connectivity index (χ3v) is 7.36. The van der Waals surface area contributed by atoms with Crippen LogP contribution in [0.3, 0.4) is 0 Å². The van der Waals surface area contributed by atoms with E-state index in [9.17, 15) is 18.0 Å². The van der Waals surface area contributed by atoms with E-state index in [1.165, 1.54) is 20.8 Å². The molecule has 13 heteroatoms. The molecule has 1 saturated heterocycles. The van der Waals surface area contributed by atoms with Gasteiger partial charge in [0.25, 0.3) is 5.56 Å². The molecule has 5 rings (SSSR count). The zero-order chi connectivity index (χ0) is 25.7. The standard InChI is InChI=1S/C23H21ClF3N7OS/c1-36-13-22(9-5-10-32(22)21-29-12-15(18(28)30-21)23(25,26)27)20-31-33-11-8-16(24)17(33)19(35)34(20)14-6-3-2-4-7-14/h2-4,6-8,11-12H,5,9-10,13H2,1H3,(H2,28,29,30). The average Bonchev–Trinajstić information content (AvgIpc) is 3.43. The fourth-order valence-corrected chi connectivity index (χ4v) is 5.87. The molecule has 1 fully saturated rings. The van der Waals surface area contributed by atoms with Gasteiger partial charge in [0, 0.05) is 24.7 Å². The van der Waals surface area contributed by atoms with Gasteiger partial charge in [-0.05, 0) is 37.3 Å². The molecule has 0 bridgehead atoms. The predicted octanol–water partition coefficient (Wildman–Crippen LogP) is 4.39. The Balaban J connectivity index is 1.78. The maximum Gasteiger partial charge on any atom is 0.421 e. The molecular weight excluding hydrogens is 515 g/mol. The summed E-state index contributed by atoms with van der Waals surface area (Å²) in [5.41, 5.74) is 4.15. The molecule has 4 heterocycles. The van der Waals surface area contributed by atoms with Crippen molar-refractivity contribution in [1.29, 1.82) is 0 Å². The van der Waals surface area contributed by atoms with Crippen molar-refractivity contribution < 1.29 is 13.2 Å². The van der Waals surface area contributed by atoms with Crippen LogP contribution in [0.4, 0.5) is 24.9 Å². The van der Waals surface area contributed by atoms with Gasteiger partial charge in [0.2, 0.25) is 5.95 Å². The number of hydrogen-bond donors (Lipinski definition) is 1. The second-order valence-electron chi connectivity index (χ2n) is 8.44. The molecule has 0 spiro atoms. The number of nitrogens with zero attached hydrogens (tertiary/aromatic N) is 6. The Bertz CT molecular complexity index is 1490. The highest BCUT2D eigenvalue weighted by Crippen LogP contribution is 2.43. The predicted molar refractivity (Wildman–Crippen MR) is 134 cm³/mol. The average molecular weight is 536 g/mol. The van der Waals surface area contributed by atoms with Gasteiger partial charge in [-0.25, -0.2) is 9.50 Å². The number of thioether (sulfide) groups is 1. The number of halogens is 4. The summed E-state index contributed by atoms with van der Waals surface area (Å²) in [5.74, 6) is 0.272. The van der Waals surface area contributed by atoms with E-state index in [4.69, 9.17) is 22.4 Å². The molecule has 0 radical (unpaired) electrons. The lowest BCUT2D eigenvalue weighted by molar-refractivity contribution is -0.137. The van der Waals surface area contributed by atoms with Crippen LogP contribution in [-0.4, -0.2) is 42.7 Å². The Morgan fingerprint density at radius 3 is 2.64 bits per heavy atom. The molecule has 1 aromatic carbocycles. The fraction of sp³-hybridized carbons (Fsp3) is 0.304. The molecule has 4 aromatic rings. The van der Waals surface area contributed by atoms with E-state index in [1.54, 1.807) is 29.3 Å². The Labute approximate surface area is 212 Å². The summed E-state index contributed by atoms with van der Waals surface area (Å²) < 4.78 is 42.8. The van der Waals surface area contributed by atoms with Gasteiger partial charge < -0.3 is 10.6 Å². The largest absolute Gasteiger partial charge is 0.421 e. The molecule has 3 aromatic heterocycles. The zero-order valence-electron chi connectivity index (χ0n) is 19.0. The van der Waals surface area contributed by atoms with Crippen molar-refractivity contribution in [1.82, 2.24) is 24.1 Å². The lowest BCUT2D eigenvalue weighted by atomic mass is 9.96. The van der Waals surface area contributed by atoms with Crippen LogP contribution in [-0.2, 0) is 11.7 Å². The third kappa shape index (κ3) is 3.88. The number of hydrogen-bond acceptors (Lipinski definition) is 7. The summed E-state index contributed by atoms with van der Waals surface area (Å²) in [4.78, 5) is 23.7. The van der Waals surface area contributed by atoms with Crippen molar-refractivity contribution in [3.8, 4) is 5.69 Å². The number of alkyl halides is 3. The maximum atomic E-state index is 13.8. The lowest BCUT2D eigenvalue weighted by Crippen LogP contribution is -2.49. The van der Waals surface area contributed by atoms with E-state index >= 15 is 0 Å². The van der Waals surface area contributed by atoms with Crippen LogP contribution in [0.5, 0.6) is 0 Å². The highest BCUT2D eigenvalue weighted by Gasteiger charge is 2.48. The topological polar surface area (TPSA) is 94.3 Å². The third-order valence-electron chi connectivity index (χ3n) is 6.29. The first-order valence-corrected chi connectivity index (χ1v) is 12.8. The normalized spacial score (nSPS) is 18.3. The summed E-state index contributed by atoms with van der Waals surface area (Å²) in [5, 5.41) is 5.10. The van der Waals surface area contributed by atoms with Gasteiger partial charge >= 0.3 is 6.18 Å². The number of benzene rings is 1. The highest BCUT2D eigenvalue weighted by molar-refractivity contribution is 7.98. The molecule has 1 aliphatic heterocycles. The minimum absolute atomic E-state index is 0.0477. The van der Waals surface area contributed by atoms with Gasteiger partial charge in [0.05, 0.1) is 10.7 Å². The van der Waals surface area contributed by atoms with Crippen LogP contribution in [0.25, 0.3) is 11.2 Å². The van der Waals surface area contributed by atoms with Crippen LogP contribution in [0.15, 0.2) is 53.6 Å². The molecular formula is C23H21ClF3N7OS. The summed E-state index contributed by atoms with van der Waals surface area (Å²) >= 11 is 7.85. The van der Waals surface area contributed by atoms with Gasteiger partial charge in [-0.3, -0.25) is 9.36 Å². The number of anilines is 2.